The lowest BCUT2D eigenvalue weighted by atomic mass is 9.89. The summed E-state index contributed by atoms with van der Waals surface area (Å²) in [6.45, 7) is 5.68. The van der Waals surface area contributed by atoms with Crippen LogP contribution in [0.5, 0.6) is 5.75 Å². The third-order valence-electron chi connectivity index (χ3n) is 2.98. The van der Waals surface area contributed by atoms with Gasteiger partial charge in [-0.15, -0.1) is 0 Å². The van der Waals surface area contributed by atoms with E-state index < -0.39 is 5.60 Å². The number of hydrogen-bond acceptors (Lipinski definition) is 3. The monoisotopic (exact) mass is 257 g/mol. The molecule has 100 valence electrons. The SMILES string of the molecule is CC(C)Oc1cncc(C(C)(O)c2ccccc2)c1. The number of benzene rings is 1. The predicted octanol–water partition coefficient (Wildman–Crippen LogP) is 3.12. The first kappa shape index (κ1) is 13.6. The van der Waals surface area contributed by atoms with Crippen molar-refractivity contribution in [1.29, 1.82) is 0 Å². The lowest BCUT2D eigenvalue weighted by molar-refractivity contribution is 0.101. The first-order valence-corrected chi connectivity index (χ1v) is 6.40. The number of nitrogens with zero attached hydrogens (tertiary/aromatic N) is 1. The first-order chi connectivity index (χ1) is 9.00. The Bertz CT molecular complexity index is 535. The summed E-state index contributed by atoms with van der Waals surface area (Å²) in [4.78, 5) is 4.14. The van der Waals surface area contributed by atoms with Gasteiger partial charge in [-0.1, -0.05) is 30.3 Å². The van der Waals surface area contributed by atoms with Crippen molar-refractivity contribution in [2.75, 3.05) is 0 Å². The van der Waals surface area contributed by atoms with Crippen LogP contribution in [-0.2, 0) is 5.60 Å². The van der Waals surface area contributed by atoms with Gasteiger partial charge in [0.1, 0.15) is 11.4 Å². The molecule has 0 aliphatic rings. The highest BCUT2D eigenvalue weighted by Crippen LogP contribution is 2.30. The van der Waals surface area contributed by atoms with Crippen LogP contribution in [0.1, 0.15) is 31.9 Å². The van der Waals surface area contributed by atoms with Gasteiger partial charge in [0.25, 0.3) is 0 Å². The minimum absolute atomic E-state index is 0.0822. The molecule has 1 atom stereocenters. The molecule has 0 spiro atoms. The fraction of sp³-hybridized carbons (Fsp3) is 0.312. The molecule has 0 saturated carbocycles. The van der Waals surface area contributed by atoms with E-state index in [1.807, 2.05) is 50.2 Å². The first-order valence-electron chi connectivity index (χ1n) is 6.40. The normalized spacial score (nSPS) is 14.2. The molecule has 1 aromatic carbocycles. The van der Waals surface area contributed by atoms with E-state index >= 15 is 0 Å². The van der Waals surface area contributed by atoms with E-state index in [0.29, 0.717) is 5.75 Å². The van der Waals surface area contributed by atoms with E-state index in [-0.39, 0.29) is 6.10 Å². The van der Waals surface area contributed by atoms with Gasteiger partial charge in [0, 0.05) is 11.8 Å². The van der Waals surface area contributed by atoms with Gasteiger partial charge in [-0.05, 0) is 32.4 Å². The Morgan fingerprint density at radius 1 is 1.11 bits per heavy atom. The van der Waals surface area contributed by atoms with E-state index in [2.05, 4.69) is 4.98 Å². The maximum Gasteiger partial charge on any atom is 0.138 e. The Balaban J connectivity index is 2.35. The van der Waals surface area contributed by atoms with Crippen molar-refractivity contribution in [2.45, 2.75) is 32.5 Å². The highest BCUT2D eigenvalue weighted by molar-refractivity contribution is 5.36. The summed E-state index contributed by atoms with van der Waals surface area (Å²) in [7, 11) is 0. The van der Waals surface area contributed by atoms with Crippen molar-refractivity contribution < 1.29 is 9.84 Å². The third kappa shape index (κ3) is 3.12. The van der Waals surface area contributed by atoms with Crippen LogP contribution < -0.4 is 4.74 Å². The van der Waals surface area contributed by atoms with E-state index in [9.17, 15) is 5.11 Å². The van der Waals surface area contributed by atoms with Crippen LogP contribution in [0.15, 0.2) is 48.8 Å². The third-order valence-corrected chi connectivity index (χ3v) is 2.98. The molecule has 0 fully saturated rings. The van der Waals surface area contributed by atoms with Crippen molar-refractivity contribution in [3.05, 3.63) is 59.9 Å². The summed E-state index contributed by atoms with van der Waals surface area (Å²) in [5.41, 5.74) is 0.472. The number of pyridine rings is 1. The van der Waals surface area contributed by atoms with Crippen LogP contribution >= 0.6 is 0 Å². The Hall–Kier alpha value is -1.87. The highest BCUT2D eigenvalue weighted by atomic mass is 16.5. The second kappa shape index (κ2) is 5.41. The van der Waals surface area contributed by atoms with E-state index in [1.165, 1.54) is 0 Å². The van der Waals surface area contributed by atoms with Gasteiger partial charge < -0.3 is 9.84 Å². The molecule has 0 bridgehead atoms. The van der Waals surface area contributed by atoms with Crippen LogP contribution in [0.3, 0.4) is 0 Å². The number of ether oxygens (including phenoxy) is 1. The minimum Gasteiger partial charge on any atom is -0.489 e. The molecule has 1 N–H and O–H groups in total. The van der Waals surface area contributed by atoms with Crippen molar-refractivity contribution in [3.8, 4) is 5.75 Å². The largest absolute Gasteiger partial charge is 0.489 e. The molecule has 0 saturated heterocycles. The summed E-state index contributed by atoms with van der Waals surface area (Å²) in [6, 6.07) is 11.4. The van der Waals surface area contributed by atoms with Gasteiger partial charge in [0.05, 0.1) is 12.3 Å². The second-order valence-corrected chi connectivity index (χ2v) is 5.01. The Labute approximate surface area is 113 Å². The maximum absolute atomic E-state index is 10.7. The van der Waals surface area contributed by atoms with Gasteiger partial charge in [-0.25, -0.2) is 0 Å². The lowest BCUT2D eigenvalue weighted by Gasteiger charge is -2.24. The summed E-state index contributed by atoms with van der Waals surface area (Å²) in [5.74, 6) is 0.670. The lowest BCUT2D eigenvalue weighted by Crippen LogP contribution is -2.23. The molecule has 19 heavy (non-hydrogen) atoms. The van der Waals surface area contributed by atoms with Gasteiger partial charge in [-0.2, -0.15) is 0 Å². The standard InChI is InChI=1S/C16H19NO2/c1-12(2)19-15-9-14(10-17-11-15)16(3,18)13-7-5-4-6-8-13/h4-12,18H,1-3H3. The number of aromatic nitrogens is 1. The fourth-order valence-corrected chi connectivity index (χ4v) is 1.95. The Morgan fingerprint density at radius 2 is 1.79 bits per heavy atom. The topological polar surface area (TPSA) is 42.4 Å². The maximum atomic E-state index is 10.7. The van der Waals surface area contributed by atoms with E-state index in [1.54, 1.807) is 19.3 Å². The Morgan fingerprint density at radius 3 is 2.42 bits per heavy atom. The predicted molar refractivity (Wildman–Crippen MR) is 75.1 cm³/mol. The molecule has 1 aromatic heterocycles. The zero-order chi connectivity index (χ0) is 13.9. The van der Waals surface area contributed by atoms with Crippen LogP contribution in [0.2, 0.25) is 0 Å². The number of rotatable bonds is 4. The van der Waals surface area contributed by atoms with Crippen molar-refractivity contribution in [2.24, 2.45) is 0 Å². The summed E-state index contributed by atoms with van der Waals surface area (Å²) < 4.78 is 5.61. The molecule has 0 amide bonds. The zero-order valence-corrected chi connectivity index (χ0v) is 11.5. The average molecular weight is 257 g/mol. The number of hydrogen-bond donors (Lipinski definition) is 1. The summed E-state index contributed by atoms with van der Waals surface area (Å²) in [5, 5.41) is 10.7. The van der Waals surface area contributed by atoms with Crippen molar-refractivity contribution in [3.63, 3.8) is 0 Å². The van der Waals surface area contributed by atoms with Gasteiger partial charge >= 0.3 is 0 Å². The van der Waals surface area contributed by atoms with Gasteiger partial charge in [0.15, 0.2) is 0 Å². The zero-order valence-electron chi connectivity index (χ0n) is 11.5. The molecule has 3 nitrogen and oxygen atoms in total. The van der Waals surface area contributed by atoms with E-state index in [4.69, 9.17) is 4.74 Å². The van der Waals surface area contributed by atoms with E-state index in [0.717, 1.165) is 11.1 Å². The van der Waals surface area contributed by atoms with Crippen LogP contribution in [0.4, 0.5) is 0 Å². The quantitative estimate of drug-likeness (QED) is 0.915. The second-order valence-electron chi connectivity index (χ2n) is 5.01. The minimum atomic E-state index is -1.08. The molecular weight excluding hydrogens is 238 g/mol. The van der Waals surface area contributed by atoms with Gasteiger partial charge in [0.2, 0.25) is 0 Å². The molecule has 0 radical (unpaired) electrons. The van der Waals surface area contributed by atoms with Crippen molar-refractivity contribution in [1.82, 2.24) is 4.98 Å². The molecular formula is C16H19NO2. The molecule has 3 heteroatoms. The Kier molecular flexibility index (Phi) is 3.86. The smallest absolute Gasteiger partial charge is 0.138 e. The average Bonchev–Trinajstić information content (AvgIpc) is 2.39. The fourth-order valence-electron chi connectivity index (χ4n) is 1.95. The molecule has 2 aromatic rings. The van der Waals surface area contributed by atoms with Crippen LogP contribution in [-0.4, -0.2) is 16.2 Å². The number of aliphatic hydroxyl groups is 1. The molecule has 1 heterocycles. The molecule has 2 rings (SSSR count). The van der Waals surface area contributed by atoms with Gasteiger partial charge in [-0.3, -0.25) is 4.98 Å². The molecule has 0 aliphatic heterocycles. The molecule has 1 unspecified atom stereocenters. The molecule has 0 aliphatic carbocycles. The van der Waals surface area contributed by atoms with Crippen molar-refractivity contribution >= 4 is 0 Å². The highest BCUT2D eigenvalue weighted by Gasteiger charge is 2.26. The van der Waals surface area contributed by atoms with Crippen LogP contribution in [0.25, 0.3) is 0 Å². The summed E-state index contributed by atoms with van der Waals surface area (Å²) in [6.07, 6.45) is 3.41. The van der Waals surface area contributed by atoms with Crippen LogP contribution in [0, 0.1) is 0 Å². The summed E-state index contributed by atoms with van der Waals surface area (Å²) >= 11 is 0.